The van der Waals surface area contributed by atoms with Gasteiger partial charge < -0.3 is 4.90 Å². The molecule has 0 unspecified atom stereocenters. The lowest BCUT2D eigenvalue weighted by Gasteiger charge is -2.21. The molecule has 17 heavy (non-hydrogen) atoms. The predicted octanol–water partition coefficient (Wildman–Crippen LogP) is 1.87. The highest BCUT2D eigenvalue weighted by atomic mass is 15.4. The van der Waals surface area contributed by atoms with Crippen molar-refractivity contribution in [1.29, 1.82) is 0 Å². The van der Waals surface area contributed by atoms with Crippen LogP contribution in [0.25, 0.3) is 0 Å². The standard InChI is InChI=1S/C13H22N4/c1-10-7-17(9-16(10)5)12-6-11(13(2,3)4)14-8-15-12/h6,8,10H,7,9H2,1-5H3/t10-/m0/s1. The number of hydrogen-bond donors (Lipinski definition) is 0. The Labute approximate surface area is 104 Å². The van der Waals surface area contributed by atoms with Crippen LogP contribution >= 0.6 is 0 Å². The van der Waals surface area contributed by atoms with E-state index in [1.807, 2.05) is 0 Å². The van der Waals surface area contributed by atoms with E-state index in [1.54, 1.807) is 6.33 Å². The van der Waals surface area contributed by atoms with Crippen LogP contribution in [-0.2, 0) is 5.41 Å². The minimum atomic E-state index is 0.0783. The third kappa shape index (κ3) is 2.57. The molecule has 4 heteroatoms. The van der Waals surface area contributed by atoms with Gasteiger partial charge in [0.05, 0.1) is 12.4 Å². The molecular weight excluding hydrogens is 212 g/mol. The zero-order chi connectivity index (χ0) is 12.6. The average molecular weight is 234 g/mol. The fraction of sp³-hybridized carbons (Fsp3) is 0.692. The summed E-state index contributed by atoms with van der Waals surface area (Å²) in [6.45, 7) is 10.8. The van der Waals surface area contributed by atoms with Gasteiger partial charge in [-0.05, 0) is 14.0 Å². The van der Waals surface area contributed by atoms with Crippen LogP contribution in [0, 0.1) is 0 Å². The smallest absolute Gasteiger partial charge is 0.133 e. The number of nitrogens with zero attached hydrogens (tertiary/aromatic N) is 4. The summed E-state index contributed by atoms with van der Waals surface area (Å²) in [6, 6.07) is 2.70. The Morgan fingerprint density at radius 3 is 2.53 bits per heavy atom. The van der Waals surface area contributed by atoms with Crippen LogP contribution in [0.2, 0.25) is 0 Å². The topological polar surface area (TPSA) is 32.3 Å². The molecular formula is C13H22N4. The van der Waals surface area contributed by atoms with Crippen molar-refractivity contribution >= 4 is 5.82 Å². The van der Waals surface area contributed by atoms with Gasteiger partial charge in [-0.25, -0.2) is 9.97 Å². The molecule has 0 radical (unpaired) electrons. The number of hydrogen-bond acceptors (Lipinski definition) is 4. The molecule has 94 valence electrons. The monoisotopic (exact) mass is 234 g/mol. The second-order valence-corrected chi connectivity index (χ2v) is 5.98. The van der Waals surface area contributed by atoms with Crippen molar-refractivity contribution in [1.82, 2.24) is 14.9 Å². The van der Waals surface area contributed by atoms with Gasteiger partial charge in [-0.3, -0.25) is 4.90 Å². The van der Waals surface area contributed by atoms with E-state index in [0.717, 1.165) is 24.7 Å². The quantitative estimate of drug-likeness (QED) is 0.742. The minimum absolute atomic E-state index is 0.0783. The first-order chi connectivity index (χ1) is 7.88. The Morgan fingerprint density at radius 2 is 2.00 bits per heavy atom. The van der Waals surface area contributed by atoms with Gasteiger partial charge in [-0.1, -0.05) is 20.8 Å². The van der Waals surface area contributed by atoms with Crippen molar-refractivity contribution in [2.75, 3.05) is 25.2 Å². The van der Waals surface area contributed by atoms with E-state index in [0.29, 0.717) is 6.04 Å². The van der Waals surface area contributed by atoms with E-state index in [9.17, 15) is 0 Å². The Bertz CT molecular complexity index is 387. The van der Waals surface area contributed by atoms with Gasteiger partial charge in [0.25, 0.3) is 0 Å². The van der Waals surface area contributed by atoms with E-state index in [-0.39, 0.29) is 5.41 Å². The van der Waals surface area contributed by atoms with Gasteiger partial charge in [0.1, 0.15) is 12.1 Å². The molecule has 0 spiro atoms. The summed E-state index contributed by atoms with van der Waals surface area (Å²) in [5, 5.41) is 0. The first-order valence-electron chi connectivity index (χ1n) is 6.15. The summed E-state index contributed by atoms with van der Waals surface area (Å²) in [5.41, 5.74) is 1.18. The van der Waals surface area contributed by atoms with Gasteiger partial charge in [-0.2, -0.15) is 0 Å². The lowest BCUT2D eigenvalue weighted by atomic mass is 9.92. The second kappa shape index (κ2) is 4.26. The normalized spacial score (nSPS) is 22.2. The summed E-state index contributed by atoms with van der Waals surface area (Å²) >= 11 is 0. The third-order valence-electron chi connectivity index (χ3n) is 3.38. The number of aromatic nitrogens is 2. The third-order valence-corrected chi connectivity index (χ3v) is 3.38. The molecule has 2 heterocycles. The molecule has 4 nitrogen and oxygen atoms in total. The highest BCUT2D eigenvalue weighted by molar-refractivity contribution is 5.41. The fourth-order valence-corrected chi connectivity index (χ4v) is 2.02. The van der Waals surface area contributed by atoms with Gasteiger partial charge in [-0.15, -0.1) is 0 Å². The molecule has 2 rings (SSSR count). The van der Waals surface area contributed by atoms with Crippen LogP contribution in [0.4, 0.5) is 5.82 Å². The Hall–Kier alpha value is -1.16. The van der Waals surface area contributed by atoms with E-state index < -0.39 is 0 Å². The maximum Gasteiger partial charge on any atom is 0.133 e. The zero-order valence-corrected chi connectivity index (χ0v) is 11.4. The molecule has 1 aliphatic rings. The molecule has 0 bridgehead atoms. The minimum Gasteiger partial charge on any atom is -0.342 e. The highest BCUT2D eigenvalue weighted by Crippen LogP contribution is 2.24. The van der Waals surface area contributed by atoms with Crippen LogP contribution in [0.15, 0.2) is 12.4 Å². The van der Waals surface area contributed by atoms with Crippen molar-refractivity contribution in [3.05, 3.63) is 18.1 Å². The van der Waals surface area contributed by atoms with Gasteiger partial charge in [0.2, 0.25) is 0 Å². The van der Waals surface area contributed by atoms with Crippen molar-refractivity contribution in [3.63, 3.8) is 0 Å². The van der Waals surface area contributed by atoms with Crippen LogP contribution in [0.3, 0.4) is 0 Å². The van der Waals surface area contributed by atoms with Gasteiger partial charge in [0, 0.05) is 24.1 Å². The van der Waals surface area contributed by atoms with E-state index in [1.165, 1.54) is 0 Å². The van der Waals surface area contributed by atoms with Crippen molar-refractivity contribution in [3.8, 4) is 0 Å². The molecule has 1 aromatic heterocycles. The van der Waals surface area contributed by atoms with Crippen LogP contribution in [0.5, 0.6) is 0 Å². The maximum atomic E-state index is 4.39. The lowest BCUT2D eigenvalue weighted by molar-refractivity contribution is 0.337. The number of rotatable bonds is 1. The molecule has 1 fully saturated rings. The Kier molecular flexibility index (Phi) is 3.08. The van der Waals surface area contributed by atoms with E-state index >= 15 is 0 Å². The van der Waals surface area contributed by atoms with Gasteiger partial charge >= 0.3 is 0 Å². The Balaban J connectivity index is 2.23. The molecule has 0 aliphatic carbocycles. The molecule has 1 aromatic rings. The summed E-state index contributed by atoms with van der Waals surface area (Å²) in [7, 11) is 2.15. The van der Waals surface area contributed by atoms with Crippen LogP contribution in [-0.4, -0.2) is 41.2 Å². The molecule has 1 aliphatic heterocycles. The summed E-state index contributed by atoms with van der Waals surface area (Å²) < 4.78 is 0. The molecule has 0 aromatic carbocycles. The van der Waals surface area contributed by atoms with Gasteiger partial charge in [0.15, 0.2) is 0 Å². The molecule has 0 N–H and O–H groups in total. The zero-order valence-electron chi connectivity index (χ0n) is 11.4. The predicted molar refractivity (Wildman–Crippen MR) is 70.2 cm³/mol. The number of anilines is 1. The molecule has 1 saturated heterocycles. The molecule has 0 amide bonds. The number of likely N-dealkylation sites (N-methyl/N-ethyl adjacent to an activating group) is 1. The van der Waals surface area contributed by atoms with E-state index in [4.69, 9.17) is 0 Å². The molecule has 1 atom stereocenters. The maximum absolute atomic E-state index is 4.39. The average Bonchev–Trinajstić information content (AvgIpc) is 2.58. The summed E-state index contributed by atoms with van der Waals surface area (Å²) in [6.07, 6.45) is 1.68. The van der Waals surface area contributed by atoms with Crippen molar-refractivity contribution in [2.24, 2.45) is 0 Å². The largest absolute Gasteiger partial charge is 0.342 e. The fourth-order valence-electron chi connectivity index (χ4n) is 2.02. The van der Waals surface area contributed by atoms with E-state index in [2.05, 4.69) is 60.6 Å². The van der Waals surface area contributed by atoms with Crippen LogP contribution in [0.1, 0.15) is 33.4 Å². The molecule has 0 saturated carbocycles. The second-order valence-electron chi connectivity index (χ2n) is 5.98. The summed E-state index contributed by atoms with van der Waals surface area (Å²) in [4.78, 5) is 13.4. The highest BCUT2D eigenvalue weighted by Gasteiger charge is 2.26. The SMILES string of the molecule is C[C@H]1CN(c2cc(C(C)(C)C)ncn2)CN1C. The lowest BCUT2D eigenvalue weighted by Crippen LogP contribution is -2.24. The van der Waals surface area contributed by atoms with Crippen molar-refractivity contribution < 1.29 is 0 Å². The first kappa shape index (κ1) is 12.3. The van der Waals surface area contributed by atoms with Crippen molar-refractivity contribution in [2.45, 2.75) is 39.2 Å². The van der Waals surface area contributed by atoms with Crippen LogP contribution < -0.4 is 4.90 Å². The summed E-state index contributed by atoms with van der Waals surface area (Å²) in [5.74, 6) is 1.04. The Morgan fingerprint density at radius 1 is 1.29 bits per heavy atom. The first-order valence-corrected chi connectivity index (χ1v) is 6.15.